The van der Waals surface area contributed by atoms with E-state index in [1.165, 1.54) is 12.8 Å². The number of nitrogens with zero attached hydrogens (tertiary/aromatic N) is 2. The first kappa shape index (κ1) is 13.1. The number of carbonyl (C=O) groups is 1. The van der Waals surface area contributed by atoms with Gasteiger partial charge in [0.2, 0.25) is 0 Å². The highest BCUT2D eigenvalue weighted by molar-refractivity contribution is 5.90. The molecular weight excluding hydrogens is 228 g/mol. The van der Waals surface area contributed by atoms with E-state index in [2.05, 4.69) is 18.9 Å². The largest absolute Gasteiger partial charge is 0.462 e. The van der Waals surface area contributed by atoms with Gasteiger partial charge in [0, 0.05) is 12.5 Å². The molecule has 0 aromatic carbocycles. The van der Waals surface area contributed by atoms with Crippen molar-refractivity contribution in [1.82, 2.24) is 9.78 Å². The van der Waals surface area contributed by atoms with Gasteiger partial charge < -0.3 is 4.74 Å². The van der Waals surface area contributed by atoms with Crippen LogP contribution in [0.5, 0.6) is 0 Å². The Kier molecular flexibility index (Phi) is 4.04. The molecule has 1 heterocycles. The normalized spacial score (nSPS) is 15.1. The molecule has 4 heteroatoms. The van der Waals surface area contributed by atoms with Crippen molar-refractivity contribution in [1.29, 1.82) is 0 Å². The molecule has 4 nitrogen and oxygen atoms in total. The molecule has 0 spiro atoms. The maximum absolute atomic E-state index is 11.9. The van der Waals surface area contributed by atoms with Gasteiger partial charge in [0.25, 0.3) is 0 Å². The lowest BCUT2D eigenvalue weighted by atomic mass is 10.1. The van der Waals surface area contributed by atoms with Crippen LogP contribution >= 0.6 is 0 Å². The van der Waals surface area contributed by atoms with Crippen LogP contribution in [-0.2, 0) is 11.3 Å². The number of esters is 1. The van der Waals surface area contributed by atoms with Crippen molar-refractivity contribution in [3.63, 3.8) is 0 Å². The third-order valence-electron chi connectivity index (χ3n) is 3.26. The Morgan fingerprint density at radius 2 is 2.28 bits per heavy atom. The summed E-state index contributed by atoms with van der Waals surface area (Å²) in [5, 5.41) is 4.37. The summed E-state index contributed by atoms with van der Waals surface area (Å²) >= 11 is 0. The Morgan fingerprint density at radius 1 is 1.56 bits per heavy atom. The van der Waals surface area contributed by atoms with Crippen LogP contribution in [0.4, 0.5) is 0 Å². The van der Waals surface area contributed by atoms with Crippen LogP contribution in [-0.4, -0.2) is 22.4 Å². The summed E-state index contributed by atoms with van der Waals surface area (Å²) in [5.74, 6) is 0.932. The minimum atomic E-state index is -0.227. The van der Waals surface area contributed by atoms with E-state index >= 15 is 0 Å². The molecule has 0 bridgehead atoms. The molecule has 0 atom stereocenters. The van der Waals surface area contributed by atoms with E-state index in [4.69, 9.17) is 4.74 Å². The SMILES string of the molecule is CCOC(=O)c1cnn(CCC(C)C)c1C1CC1. The lowest BCUT2D eigenvalue weighted by molar-refractivity contribution is 0.0525. The number of aromatic nitrogens is 2. The van der Waals surface area contributed by atoms with Crippen molar-refractivity contribution in [2.75, 3.05) is 6.61 Å². The maximum atomic E-state index is 11.9. The molecule has 1 saturated carbocycles. The second-order valence-corrected chi connectivity index (χ2v) is 5.34. The zero-order chi connectivity index (χ0) is 13.1. The van der Waals surface area contributed by atoms with Gasteiger partial charge in [-0.15, -0.1) is 0 Å². The van der Waals surface area contributed by atoms with Gasteiger partial charge in [-0.1, -0.05) is 13.8 Å². The number of aryl methyl sites for hydroxylation is 1. The molecule has 18 heavy (non-hydrogen) atoms. The van der Waals surface area contributed by atoms with E-state index in [0.29, 0.717) is 24.0 Å². The first-order chi connectivity index (χ1) is 8.63. The van der Waals surface area contributed by atoms with Gasteiger partial charge in [0.15, 0.2) is 0 Å². The molecule has 1 fully saturated rings. The van der Waals surface area contributed by atoms with Crippen LogP contribution in [0, 0.1) is 5.92 Å². The van der Waals surface area contributed by atoms with Gasteiger partial charge in [0.05, 0.1) is 18.5 Å². The maximum Gasteiger partial charge on any atom is 0.341 e. The Morgan fingerprint density at radius 3 is 2.83 bits per heavy atom. The summed E-state index contributed by atoms with van der Waals surface area (Å²) < 4.78 is 7.10. The number of hydrogen-bond donors (Lipinski definition) is 0. The van der Waals surface area contributed by atoms with Crippen molar-refractivity contribution in [2.45, 2.75) is 52.5 Å². The molecule has 2 rings (SSSR count). The van der Waals surface area contributed by atoms with Crippen molar-refractivity contribution < 1.29 is 9.53 Å². The van der Waals surface area contributed by atoms with Gasteiger partial charge in [-0.3, -0.25) is 4.68 Å². The Bertz CT molecular complexity index is 419. The van der Waals surface area contributed by atoms with Crippen LogP contribution < -0.4 is 0 Å². The predicted molar refractivity (Wildman–Crippen MR) is 69.6 cm³/mol. The summed E-state index contributed by atoms with van der Waals surface area (Å²) in [6.45, 7) is 7.54. The minimum absolute atomic E-state index is 0.227. The molecule has 1 aromatic rings. The molecule has 1 aliphatic carbocycles. The van der Waals surface area contributed by atoms with Crippen LogP contribution in [0.15, 0.2) is 6.20 Å². The average molecular weight is 250 g/mol. The van der Waals surface area contributed by atoms with E-state index < -0.39 is 0 Å². The van der Waals surface area contributed by atoms with E-state index in [9.17, 15) is 4.79 Å². The third kappa shape index (κ3) is 2.92. The fourth-order valence-electron chi connectivity index (χ4n) is 2.11. The fourth-order valence-corrected chi connectivity index (χ4v) is 2.11. The van der Waals surface area contributed by atoms with Crippen LogP contribution in [0.2, 0.25) is 0 Å². The highest BCUT2D eigenvalue weighted by Crippen LogP contribution is 2.41. The molecule has 0 amide bonds. The van der Waals surface area contributed by atoms with E-state index in [1.54, 1.807) is 6.20 Å². The number of carbonyl (C=O) groups excluding carboxylic acids is 1. The fraction of sp³-hybridized carbons (Fsp3) is 0.714. The number of rotatable bonds is 6. The summed E-state index contributed by atoms with van der Waals surface area (Å²) in [6.07, 6.45) is 5.09. The van der Waals surface area contributed by atoms with Crippen molar-refractivity contribution >= 4 is 5.97 Å². The van der Waals surface area contributed by atoms with E-state index in [-0.39, 0.29) is 5.97 Å². The van der Waals surface area contributed by atoms with Gasteiger partial charge >= 0.3 is 5.97 Å². The van der Waals surface area contributed by atoms with Crippen LogP contribution in [0.3, 0.4) is 0 Å². The summed E-state index contributed by atoms with van der Waals surface area (Å²) in [5.41, 5.74) is 1.76. The van der Waals surface area contributed by atoms with Gasteiger partial charge in [0.1, 0.15) is 5.56 Å². The van der Waals surface area contributed by atoms with Crippen molar-refractivity contribution in [3.8, 4) is 0 Å². The molecule has 0 unspecified atom stereocenters. The lowest BCUT2D eigenvalue weighted by Gasteiger charge is -2.10. The molecule has 0 N–H and O–H groups in total. The second kappa shape index (κ2) is 5.55. The molecule has 1 aliphatic rings. The highest BCUT2D eigenvalue weighted by atomic mass is 16.5. The zero-order valence-electron chi connectivity index (χ0n) is 11.5. The summed E-state index contributed by atoms with van der Waals surface area (Å²) in [4.78, 5) is 11.9. The molecule has 100 valence electrons. The molecule has 0 radical (unpaired) electrons. The zero-order valence-corrected chi connectivity index (χ0v) is 11.5. The smallest absolute Gasteiger partial charge is 0.341 e. The average Bonchev–Trinajstić information content (AvgIpc) is 3.06. The monoisotopic (exact) mass is 250 g/mol. The first-order valence-electron chi connectivity index (χ1n) is 6.86. The first-order valence-corrected chi connectivity index (χ1v) is 6.86. The van der Waals surface area contributed by atoms with Gasteiger partial charge in [-0.2, -0.15) is 5.10 Å². The lowest BCUT2D eigenvalue weighted by Crippen LogP contribution is -2.11. The Labute approximate surface area is 108 Å². The Hall–Kier alpha value is -1.32. The molecule has 0 saturated heterocycles. The molecule has 0 aliphatic heterocycles. The molecule has 1 aromatic heterocycles. The third-order valence-corrected chi connectivity index (χ3v) is 3.26. The number of hydrogen-bond acceptors (Lipinski definition) is 3. The standard InChI is InChI=1S/C14H22N2O2/c1-4-18-14(17)12-9-15-16(8-7-10(2)3)13(12)11-5-6-11/h9-11H,4-8H2,1-3H3. The molecular formula is C14H22N2O2. The van der Waals surface area contributed by atoms with E-state index in [0.717, 1.165) is 18.7 Å². The Balaban J connectivity index is 2.17. The predicted octanol–water partition coefficient (Wildman–Crippen LogP) is 2.98. The second-order valence-electron chi connectivity index (χ2n) is 5.34. The quantitative estimate of drug-likeness (QED) is 0.729. The van der Waals surface area contributed by atoms with Crippen molar-refractivity contribution in [2.24, 2.45) is 5.92 Å². The van der Waals surface area contributed by atoms with Crippen molar-refractivity contribution in [3.05, 3.63) is 17.5 Å². The highest BCUT2D eigenvalue weighted by Gasteiger charge is 2.32. The summed E-state index contributed by atoms with van der Waals surface area (Å²) in [6, 6.07) is 0. The van der Waals surface area contributed by atoms with E-state index in [1.807, 2.05) is 11.6 Å². The summed E-state index contributed by atoms with van der Waals surface area (Å²) in [7, 11) is 0. The van der Waals surface area contributed by atoms with Gasteiger partial charge in [-0.25, -0.2) is 4.79 Å². The number of ether oxygens (including phenoxy) is 1. The van der Waals surface area contributed by atoms with Crippen LogP contribution in [0.25, 0.3) is 0 Å². The van der Waals surface area contributed by atoms with Crippen LogP contribution in [0.1, 0.15) is 62.0 Å². The minimum Gasteiger partial charge on any atom is -0.462 e. The topological polar surface area (TPSA) is 44.1 Å². The van der Waals surface area contributed by atoms with Gasteiger partial charge in [-0.05, 0) is 32.1 Å².